The number of aromatic nitrogens is 1. The molecule has 0 radical (unpaired) electrons. The third-order valence-corrected chi connectivity index (χ3v) is 4.19. The van der Waals surface area contributed by atoms with E-state index in [0.717, 1.165) is 48.8 Å². The minimum atomic E-state index is 0.544. The van der Waals surface area contributed by atoms with Crippen LogP contribution in [0.3, 0.4) is 0 Å². The van der Waals surface area contributed by atoms with Gasteiger partial charge < -0.3 is 15.4 Å². The van der Waals surface area contributed by atoms with Gasteiger partial charge in [0.25, 0.3) is 0 Å². The Morgan fingerprint density at radius 1 is 1.35 bits per heavy atom. The molecule has 0 aliphatic carbocycles. The van der Waals surface area contributed by atoms with Crippen molar-refractivity contribution >= 4 is 29.0 Å². The molecular weight excluding hydrogens is 308 g/mol. The molecule has 2 aliphatic heterocycles. The molecule has 2 N–H and O–H groups in total. The summed E-state index contributed by atoms with van der Waals surface area (Å²) in [7, 11) is 0. The molecule has 0 amide bonds. The first-order valence-corrected chi connectivity index (χ1v) is 8.82. The lowest BCUT2D eigenvalue weighted by Crippen LogP contribution is -2.37. The highest BCUT2D eigenvalue weighted by Crippen LogP contribution is 2.33. The van der Waals surface area contributed by atoms with Crippen molar-refractivity contribution in [3.8, 4) is 0 Å². The van der Waals surface area contributed by atoms with Gasteiger partial charge in [0.1, 0.15) is 11.7 Å². The van der Waals surface area contributed by atoms with Crippen molar-refractivity contribution < 1.29 is 4.74 Å². The number of hydrogen-bond acceptors (Lipinski definition) is 6. The Kier molecular flexibility index (Phi) is 5.15. The number of pyridine rings is 1. The number of allylic oxidation sites excluding steroid dienone is 2. The fraction of sp³-hybridized carbons (Fsp3) is 0.294. The molecule has 0 spiro atoms. The third kappa shape index (κ3) is 3.48. The van der Waals surface area contributed by atoms with E-state index in [2.05, 4.69) is 20.9 Å². The average Bonchev–Trinajstić information content (AvgIpc) is 2.97. The first-order valence-electron chi connectivity index (χ1n) is 7.53. The van der Waals surface area contributed by atoms with Gasteiger partial charge in [0.15, 0.2) is 0 Å². The molecule has 0 bridgehead atoms. The van der Waals surface area contributed by atoms with E-state index in [1.807, 2.05) is 42.3 Å². The fourth-order valence-corrected chi connectivity index (χ4v) is 2.89. The van der Waals surface area contributed by atoms with Gasteiger partial charge in [-0.2, -0.15) is 0 Å². The Bertz CT molecular complexity index is 688. The van der Waals surface area contributed by atoms with E-state index in [-0.39, 0.29) is 0 Å². The number of ether oxygens (including phenoxy) is 1. The topological polar surface area (TPSA) is 63.7 Å². The van der Waals surface area contributed by atoms with Crippen molar-refractivity contribution in [3.05, 3.63) is 53.2 Å². The number of amidine groups is 1. The summed E-state index contributed by atoms with van der Waals surface area (Å²) in [5, 5.41) is 2.02. The van der Waals surface area contributed by atoms with E-state index in [1.54, 1.807) is 11.8 Å². The minimum Gasteiger partial charge on any atom is -0.383 e. The van der Waals surface area contributed by atoms with Gasteiger partial charge in [-0.25, -0.2) is 9.98 Å². The maximum atomic E-state index is 6.05. The molecule has 1 aromatic rings. The quantitative estimate of drug-likeness (QED) is 0.920. The van der Waals surface area contributed by atoms with Crippen LogP contribution in [0.5, 0.6) is 0 Å². The van der Waals surface area contributed by atoms with Crippen LogP contribution >= 0.6 is 11.8 Å². The number of rotatable bonds is 4. The van der Waals surface area contributed by atoms with Crippen LogP contribution in [0.4, 0.5) is 5.82 Å². The van der Waals surface area contributed by atoms with Crippen LogP contribution in [0.1, 0.15) is 5.56 Å². The van der Waals surface area contributed by atoms with Crippen molar-refractivity contribution in [2.75, 3.05) is 37.5 Å². The Labute approximate surface area is 140 Å². The molecular formula is C17H20N4OS. The normalized spacial score (nSPS) is 20.2. The van der Waals surface area contributed by atoms with E-state index in [0.29, 0.717) is 5.84 Å². The van der Waals surface area contributed by atoms with Gasteiger partial charge >= 0.3 is 0 Å². The zero-order valence-electron chi connectivity index (χ0n) is 13.1. The number of anilines is 1. The smallest absolute Gasteiger partial charge is 0.136 e. The van der Waals surface area contributed by atoms with Crippen LogP contribution < -0.4 is 10.6 Å². The van der Waals surface area contributed by atoms with E-state index in [1.165, 1.54) is 0 Å². The molecule has 0 unspecified atom stereocenters. The van der Waals surface area contributed by atoms with Crippen molar-refractivity contribution in [2.24, 2.45) is 10.7 Å². The highest BCUT2D eigenvalue weighted by Gasteiger charge is 2.23. The molecule has 0 saturated carbocycles. The number of morpholine rings is 1. The summed E-state index contributed by atoms with van der Waals surface area (Å²) in [6, 6.07) is 4.02. The van der Waals surface area contributed by atoms with Gasteiger partial charge in [-0.15, -0.1) is 11.8 Å². The lowest BCUT2D eigenvalue weighted by molar-refractivity contribution is 0.122. The van der Waals surface area contributed by atoms with Crippen molar-refractivity contribution in [2.45, 2.75) is 0 Å². The number of nitrogens with zero attached hydrogens (tertiary/aromatic N) is 3. The molecule has 23 heavy (non-hydrogen) atoms. The predicted octanol–water partition coefficient (Wildman–Crippen LogP) is 2.43. The largest absolute Gasteiger partial charge is 0.383 e. The molecule has 120 valence electrons. The standard InChI is InChI=1S/C17H20N4OS/c1-23-11-3-5-13-15(12-20-16(13)18)14-4-2-6-19-17(14)21-7-9-22-10-8-21/h2-6,11-12H,7-10H2,1H3,(H2,18,20)/b11-3+,13-5+. The van der Waals surface area contributed by atoms with Crippen molar-refractivity contribution in [1.29, 1.82) is 0 Å². The van der Waals surface area contributed by atoms with Gasteiger partial charge in [-0.1, -0.05) is 12.2 Å². The first-order chi connectivity index (χ1) is 11.3. The average molecular weight is 328 g/mol. The molecule has 1 fully saturated rings. The van der Waals surface area contributed by atoms with Crippen molar-refractivity contribution in [1.82, 2.24) is 4.98 Å². The van der Waals surface area contributed by atoms with Gasteiger partial charge in [0.05, 0.1) is 13.2 Å². The van der Waals surface area contributed by atoms with Crippen LogP contribution in [0.15, 0.2) is 52.7 Å². The second-order valence-corrected chi connectivity index (χ2v) is 5.92. The van der Waals surface area contributed by atoms with Gasteiger partial charge in [0.2, 0.25) is 0 Å². The second-order valence-electron chi connectivity index (χ2n) is 5.18. The monoisotopic (exact) mass is 328 g/mol. The van der Waals surface area contributed by atoms with E-state index < -0.39 is 0 Å². The maximum Gasteiger partial charge on any atom is 0.136 e. The Balaban J connectivity index is 1.95. The summed E-state index contributed by atoms with van der Waals surface area (Å²) in [4.78, 5) is 11.1. The van der Waals surface area contributed by atoms with E-state index in [9.17, 15) is 0 Å². The zero-order chi connectivity index (χ0) is 16.1. The third-order valence-electron chi connectivity index (χ3n) is 3.76. The number of hydrogen-bond donors (Lipinski definition) is 1. The highest BCUT2D eigenvalue weighted by molar-refractivity contribution is 8.01. The summed E-state index contributed by atoms with van der Waals surface area (Å²) < 4.78 is 5.44. The Hall–Kier alpha value is -2.05. The van der Waals surface area contributed by atoms with Crippen molar-refractivity contribution in [3.63, 3.8) is 0 Å². The van der Waals surface area contributed by atoms with Crippen LogP contribution in [0, 0.1) is 0 Å². The predicted molar refractivity (Wildman–Crippen MR) is 97.6 cm³/mol. The molecule has 3 rings (SSSR count). The number of thioether (sulfide) groups is 1. The summed E-state index contributed by atoms with van der Waals surface area (Å²) in [6.07, 6.45) is 9.67. The molecule has 2 aliphatic rings. The fourth-order valence-electron chi connectivity index (χ4n) is 2.65. The van der Waals surface area contributed by atoms with Crippen LogP contribution in [0.25, 0.3) is 5.57 Å². The second kappa shape index (κ2) is 7.48. The highest BCUT2D eigenvalue weighted by atomic mass is 32.2. The van der Waals surface area contributed by atoms with Crippen LogP contribution in [-0.4, -0.2) is 43.4 Å². The number of nitrogens with two attached hydrogens (primary N) is 1. The Morgan fingerprint density at radius 2 is 2.17 bits per heavy atom. The lowest BCUT2D eigenvalue weighted by atomic mass is 9.99. The van der Waals surface area contributed by atoms with Gasteiger partial charge in [-0.3, -0.25) is 0 Å². The molecule has 0 atom stereocenters. The molecule has 1 aromatic heterocycles. The summed E-state index contributed by atoms with van der Waals surface area (Å²) in [5.41, 5.74) is 9.07. The molecule has 6 heteroatoms. The molecule has 3 heterocycles. The number of aliphatic imine (C=N–C) groups is 1. The summed E-state index contributed by atoms with van der Waals surface area (Å²) in [6.45, 7) is 3.15. The summed E-state index contributed by atoms with van der Waals surface area (Å²) in [5.74, 6) is 1.51. The molecule has 0 aromatic carbocycles. The Morgan fingerprint density at radius 3 is 2.96 bits per heavy atom. The molecule has 5 nitrogen and oxygen atoms in total. The van der Waals surface area contributed by atoms with E-state index >= 15 is 0 Å². The zero-order valence-corrected chi connectivity index (χ0v) is 13.9. The first kappa shape index (κ1) is 15.8. The van der Waals surface area contributed by atoms with E-state index in [4.69, 9.17) is 10.5 Å². The lowest BCUT2D eigenvalue weighted by Gasteiger charge is -2.29. The van der Waals surface area contributed by atoms with Crippen LogP contribution in [0.2, 0.25) is 0 Å². The van der Waals surface area contributed by atoms with Gasteiger partial charge in [-0.05, 0) is 23.8 Å². The van der Waals surface area contributed by atoms with Crippen LogP contribution in [-0.2, 0) is 4.74 Å². The van der Waals surface area contributed by atoms with Gasteiger partial charge in [0, 0.05) is 42.2 Å². The maximum absolute atomic E-state index is 6.05. The SMILES string of the molecule is CS/C=C/C=C1\C(c2cccnc2N2CCOCC2)=CN=C1N. The summed E-state index contributed by atoms with van der Waals surface area (Å²) >= 11 is 1.65. The molecule has 1 saturated heterocycles. The minimum absolute atomic E-state index is 0.544.